The van der Waals surface area contributed by atoms with Crippen LogP contribution < -0.4 is 10.2 Å². The Hall–Kier alpha value is -3.39. The second-order valence-corrected chi connectivity index (χ2v) is 5.81. The molecule has 0 atom stereocenters. The van der Waals surface area contributed by atoms with Crippen molar-refractivity contribution in [3.8, 4) is 6.07 Å². The highest BCUT2D eigenvalue weighted by molar-refractivity contribution is 6.07. The zero-order valence-corrected chi connectivity index (χ0v) is 13.8. The molecule has 2 aromatic carbocycles. The number of ketones is 1. The summed E-state index contributed by atoms with van der Waals surface area (Å²) in [6.07, 6.45) is 2.48. The van der Waals surface area contributed by atoms with Gasteiger partial charge in [0, 0.05) is 29.7 Å². The molecule has 5 nitrogen and oxygen atoms in total. The number of benzene rings is 2. The number of carbonyl (C=O) groups is 2. The third-order valence-corrected chi connectivity index (χ3v) is 4.12. The zero-order chi connectivity index (χ0) is 17.8. The van der Waals surface area contributed by atoms with Crippen molar-refractivity contribution in [1.82, 2.24) is 0 Å². The molecule has 1 aliphatic rings. The molecule has 0 aromatic heterocycles. The molecular formula is C20H17N3O2. The fourth-order valence-corrected chi connectivity index (χ4v) is 2.78. The van der Waals surface area contributed by atoms with E-state index in [1.54, 1.807) is 30.5 Å². The van der Waals surface area contributed by atoms with E-state index in [2.05, 4.69) is 5.32 Å². The van der Waals surface area contributed by atoms with Crippen molar-refractivity contribution in [2.24, 2.45) is 0 Å². The maximum atomic E-state index is 12.4. The lowest BCUT2D eigenvalue weighted by Crippen LogP contribution is -2.19. The highest BCUT2D eigenvalue weighted by Crippen LogP contribution is 2.28. The van der Waals surface area contributed by atoms with Gasteiger partial charge in [0.25, 0.3) is 5.91 Å². The van der Waals surface area contributed by atoms with Crippen molar-refractivity contribution < 1.29 is 9.59 Å². The number of nitrogens with one attached hydrogen (secondary N) is 1. The van der Waals surface area contributed by atoms with Crippen LogP contribution in [0.3, 0.4) is 0 Å². The molecule has 0 aliphatic carbocycles. The second kappa shape index (κ2) is 7.02. The predicted molar refractivity (Wildman–Crippen MR) is 96.3 cm³/mol. The Balaban J connectivity index is 1.76. The van der Waals surface area contributed by atoms with Crippen molar-refractivity contribution in [3.05, 3.63) is 71.4 Å². The van der Waals surface area contributed by atoms with Gasteiger partial charge in [0.2, 0.25) is 0 Å². The number of fused-ring (bicyclic) bond motifs is 1. The summed E-state index contributed by atoms with van der Waals surface area (Å²) in [6, 6.07) is 16.5. The molecule has 25 heavy (non-hydrogen) atoms. The Labute approximate surface area is 146 Å². The van der Waals surface area contributed by atoms with Gasteiger partial charge in [-0.2, -0.15) is 5.26 Å². The zero-order valence-electron chi connectivity index (χ0n) is 13.8. The summed E-state index contributed by atoms with van der Waals surface area (Å²) in [6.45, 7) is 2.23. The average molecular weight is 331 g/mol. The van der Waals surface area contributed by atoms with Gasteiger partial charge in [-0.15, -0.1) is 0 Å². The smallest absolute Gasteiger partial charge is 0.267 e. The van der Waals surface area contributed by atoms with E-state index < -0.39 is 5.91 Å². The quantitative estimate of drug-likeness (QED) is 0.530. The molecule has 1 N–H and O–H groups in total. The van der Waals surface area contributed by atoms with Crippen LogP contribution >= 0.6 is 0 Å². The van der Waals surface area contributed by atoms with Crippen molar-refractivity contribution in [3.63, 3.8) is 0 Å². The Morgan fingerprint density at radius 2 is 1.88 bits per heavy atom. The van der Waals surface area contributed by atoms with E-state index in [1.165, 1.54) is 12.5 Å². The van der Waals surface area contributed by atoms with Gasteiger partial charge in [0.05, 0.1) is 0 Å². The summed E-state index contributed by atoms with van der Waals surface area (Å²) in [5.41, 5.74) is 3.37. The summed E-state index contributed by atoms with van der Waals surface area (Å²) in [4.78, 5) is 25.6. The van der Waals surface area contributed by atoms with Crippen LogP contribution in [0.5, 0.6) is 0 Å². The molecule has 0 saturated heterocycles. The molecule has 0 unspecified atom stereocenters. The molecule has 2 aromatic rings. The van der Waals surface area contributed by atoms with Gasteiger partial charge in [-0.25, -0.2) is 0 Å². The van der Waals surface area contributed by atoms with Crippen LogP contribution in [-0.4, -0.2) is 18.2 Å². The molecule has 1 amide bonds. The lowest BCUT2D eigenvalue weighted by Gasteiger charge is -2.14. The minimum Gasteiger partial charge on any atom is -0.346 e. The topological polar surface area (TPSA) is 73.2 Å². The number of hydrogen-bond acceptors (Lipinski definition) is 4. The van der Waals surface area contributed by atoms with E-state index in [0.29, 0.717) is 11.3 Å². The molecule has 124 valence electrons. The summed E-state index contributed by atoms with van der Waals surface area (Å²) in [7, 11) is 0. The fourth-order valence-electron chi connectivity index (χ4n) is 2.78. The molecule has 0 fully saturated rings. The lowest BCUT2D eigenvalue weighted by atomic mass is 10.1. The number of para-hydroxylation sites is 1. The van der Waals surface area contributed by atoms with Gasteiger partial charge in [0.15, 0.2) is 5.78 Å². The molecule has 0 spiro atoms. The number of carbonyl (C=O) groups excluding carboxylic acids is 2. The van der Waals surface area contributed by atoms with Crippen LogP contribution in [0.2, 0.25) is 0 Å². The van der Waals surface area contributed by atoms with Crippen LogP contribution in [0.1, 0.15) is 22.8 Å². The minimum absolute atomic E-state index is 0.0346. The van der Waals surface area contributed by atoms with Crippen LogP contribution in [0, 0.1) is 11.3 Å². The predicted octanol–water partition coefficient (Wildman–Crippen LogP) is 3.30. The summed E-state index contributed by atoms with van der Waals surface area (Å²) in [5, 5.41) is 12.0. The first-order valence-corrected chi connectivity index (χ1v) is 7.97. The van der Waals surface area contributed by atoms with E-state index >= 15 is 0 Å². The number of nitriles is 1. The van der Waals surface area contributed by atoms with E-state index in [1.807, 2.05) is 35.2 Å². The Kier molecular flexibility index (Phi) is 4.62. The maximum Gasteiger partial charge on any atom is 0.267 e. The summed E-state index contributed by atoms with van der Waals surface area (Å²) in [5.74, 6) is -0.509. The van der Waals surface area contributed by atoms with Crippen LogP contribution in [0.25, 0.3) is 0 Å². The van der Waals surface area contributed by atoms with Gasteiger partial charge in [-0.3, -0.25) is 9.59 Å². The van der Waals surface area contributed by atoms with E-state index in [-0.39, 0.29) is 11.4 Å². The third kappa shape index (κ3) is 3.59. The fraction of sp³-hybridized carbons (Fsp3) is 0.150. The lowest BCUT2D eigenvalue weighted by molar-refractivity contribution is -0.112. The SMILES string of the molecule is CC(=O)c1ccc(NC(=O)/C(C#N)=C\N2CCc3ccccc32)cc1. The highest BCUT2D eigenvalue weighted by atomic mass is 16.1. The first-order chi connectivity index (χ1) is 12.1. The van der Waals surface area contributed by atoms with Crippen LogP contribution in [0.4, 0.5) is 11.4 Å². The number of nitrogens with zero attached hydrogens (tertiary/aromatic N) is 2. The number of rotatable bonds is 4. The number of anilines is 2. The maximum absolute atomic E-state index is 12.4. The Morgan fingerprint density at radius 1 is 1.16 bits per heavy atom. The average Bonchev–Trinajstić information content (AvgIpc) is 3.03. The standard InChI is InChI=1S/C20H17N3O2/c1-14(24)15-6-8-18(9-7-15)22-20(25)17(12-21)13-23-11-10-16-4-2-3-5-19(16)23/h2-9,13H,10-11H2,1H3,(H,22,25)/b17-13-. The third-order valence-electron chi connectivity index (χ3n) is 4.12. The Bertz CT molecular complexity index is 892. The number of hydrogen-bond donors (Lipinski definition) is 1. The van der Waals surface area contributed by atoms with Gasteiger partial charge in [-0.1, -0.05) is 18.2 Å². The first-order valence-electron chi connectivity index (χ1n) is 7.97. The summed E-state index contributed by atoms with van der Waals surface area (Å²) >= 11 is 0. The van der Waals surface area contributed by atoms with Gasteiger partial charge in [-0.05, 0) is 49.2 Å². The van der Waals surface area contributed by atoms with Crippen molar-refractivity contribution in [2.45, 2.75) is 13.3 Å². The molecule has 0 radical (unpaired) electrons. The monoisotopic (exact) mass is 331 g/mol. The van der Waals surface area contributed by atoms with Crippen LogP contribution in [-0.2, 0) is 11.2 Å². The molecular weight excluding hydrogens is 314 g/mol. The number of Topliss-reactive ketones (excluding diaryl/α,β-unsaturated/α-hetero) is 1. The van der Waals surface area contributed by atoms with E-state index in [9.17, 15) is 14.9 Å². The van der Waals surface area contributed by atoms with Gasteiger partial charge < -0.3 is 10.2 Å². The molecule has 1 aliphatic heterocycles. The normalized spacial score (nSPS) is 13.1. The van der Waals surface area contributed by atoms with E-state index in [0.717, 1.165) is 18.7 Å². The first kappa shape index (κ1) is 16.5. The van der Waals surface area contributed by atoms with Gasteiger partial charge in [0.1, 0.15) is 11.6 Å². The molecule has 0 saturated carbocycles. The van der Waals surface area contributed by atoms with Gasteiger partial charge >= 0.3 is 0 Å². The summed E-state index contributed by atoms with van der Waals surface area (Å²) < 4.78 is 0. The number of amides is 1. The second-order valence-electron chi connectivity index (χ2n) is 5.81. The molecule has 1 heterocycles. The molecule has 0 bridgehead atoms. The van der Waals surface area contributed by atoms with Crippen LogP contribution in [0.15, 0.2) is 60.3 Å². The highest BCUT2D eigenvalue weighted by Gasteiger charge is 2.19. The molecule has 5 heteroatoms. The van der Waals surface area contributed by atoms with E-state index in [4.69, 9.17) is 0 Å². The van der Waals surface area contributed by atoms with Crippen molar-refractivity contribution >= 4 is 23.1 Å². The largest absolute Gasteiger partial charge is 0.346 e. The Morgan fingerprint density at radius 3 is 2.56 bits per heavy atom. The minimum atomic E-state index is -0.470. The van der Waals surface area contributed by atoms with Crippen molar-refractivity contribution in [2.75, 3.05) is 16.8 Å². The van der Waals surface area contributed by atoms with Crippen molar-refractivity contribution in [1.29, 1.82) is 5.26 Å². The molecule has 3 rings (SSSR count).